The zero-order valence-electron chi connectivity index (χ0n) is 12.1. The summed E-state index contributed by atoms with van der Waals surface area (Å²) >= 11 is 0. The van der Waals surface area contributed by atoms with E-state index in [0.717, 1.165) is 38.6 Å². The average molecular weight is 255 g/mol. The van der Waals surface area contributed by atoms with E-state index in [0.29, 0.717) is 6.61 Å². The quantitative estimate of drug-likeness (QED) is 0.533. The van der Waals surface area contributed by atoms with Gasteiger partial charge in [0.25, 0.3) is 0 Å². The first-order valence-corrected chi connectivity index (χ1v) is 7.67. The predicted molar refractivity (Wildman–Crippen MR) is 74.6 cm³/mol. The minimum absolute atomic E-state index is 0.0276. The molecule has 1 aliphatic carbocycles. The SMILES string of the molecule is CCCCCCNC1(C(=O)OCC)CCCCC1. The van der Waals surface area contributed by atoms with Gasteiger partial charge in [-0.3, -0.25) is 4.79 Å². The first-order valence-electron chi connectivity index (χ1n) is 7.67. The van der Waals surface area contributed by atoms with E-state index in [-0.39, 0.29) is 11.5 Å². The number of unbranched alkanes of at least 4 members (excludes halogenated alkanes) is 3. The first-order chi connectivity index (χ1) is 8.75. The summed E-state index contributed by atoms with van der Waals surface area (Å²) in [7, 11) is 0. The van der Waals surface area contributed by atoms with Crippen LogP contribution >= 0.6 is 0 Å². The van der Waals surface area contributed by atoms with Crippen LogP contribution in [0, 0.1) is 0 Å². The van der Waals surface area contributed by atoms with E-state index in [1.54, 1.807) is 0 Å². The fourth-order valence-electron chi connectivity index (χ4n) is 2.76. The molecule has 0 heterocycles. The lowest BCUT2D eigenvalue weighted by Crippen LogP contribution is -2.54. The molecule has 18 heavy (non-hydrogen) atoms. The summed E-state index contributed by atoms with van der Waals surface area (Å²) in [6, 6.07) is 0. The molecular formula is C15H29NO2. The zero-order chi connectivity index (χ0) is 13.3. The number of nitrogens with one attached hydrogen (secondary N) is 1. The summed E-state index contributed by atoms with van der Waals surface area (Å²) in [5.41, 5.74) is -0.375. The van der Waals surface area contributed by atoms with Crippen LogP contribution in [0.5, 0.6) is 0 Å². The summed E-state index contributed by atoms with van der Waals surface area (Å²) in [4.78, 5) is 12.2. The van der Waals surface area contributed by atoms with Gasteiger partial charge in [0.1, 0.15) is 5.54 Å². The minimum Gasteiger partial charge on any atom is -0.465 e. The number of rotatable bonds is 8. The smallest absolute Gasteiger partial charge is 0.326 e. The Hall–Kier alpha value is -0.570. The Bertz CT molecular complexity index is 235. The molecule has 0 amide bonds. The Kier molecular flexibility index (Phi) is 7.33. The summed E-state index contributed by atoms with van der Waals surface area (Å²) < 4.78 is 5.26. The van der Waals surface area contributed by atoms with Gasteiger partial charge < -0.3 is 10.1 Å². The maximum Gasteiger partial charge on any atom is 0.326 e. The van der Waals surface area contributed by atoms with Crippen molar-refractivity contribution in [3.05, 3.63) is 0 Å². The standard InChI is InChI=1S/C15H29NO2/c1-3-5-6-10-13-16-15(14(17)18-4-2)11-8-7-9-12-15/h16H,3-13H2,1-2H3. The van der Waals surface area contributed by atoms with Gasteiger partial charge in [-0.2, -0.15) is 0 Å². The molecule has 0 bridgehead atoms. The lowest BCUT2D eigenvalue weighted by molar-refractivity contribution is -0.152. The number of carbonyl (C=O) groups is 1. The van der Waals surface area contributed by atoms with Crippen molar-refractivity contribution < 1.29 is 9.53 Å². The number of esters is 1. The Morgan fingerprint density at radius 3 is 2.44 bits per heavy atom. The first kappa shape index (κ1) is 15.5. The molecule has 106 valence electrons. The second-order valence-electron chi connectivity index (χ2n) is 5.35. The molecular weight excluding hydrogens is 226 g/mol. The molecule has 0 atom stereocenters. The van der Waals surface area contributed by atoms with E-state index < -0.39 is 0 Å². The van der Waals surface area contributed by atoms with Crippen LogP contribution in [-0.2, 0) is 9.53 Å². The molecule has 3 nitrogen and oxygen atoms in total. The zero-order valence-corrected chi connectivity index (χ0v) is 12.1. The highest BCUT2D eigenvalue weighted by Gasteiger charge is 2.40. The molecule has 0 aromatic carbocycles. The van der Waals surface area contributed by atoms with Crippen LogP contribution in [0.4, 0.5) is 0 Å². The fraction of sp³-hybridized carbons (Fsp3) is 0.933. The third kappa shape index (κ3) is 4.60. The van der Waals surface area contributed by atoms with Crippen LogP contribution in [0.1, 0.15) is 71.6 Å². The molecule has 1 N–H and O–H groups in total. The third-order valence-corrected chi connectivity index (χ3v) is 3.87. The van der Waals surface area contributed by atoms with E-state index in [1.807, 2.05) is 6.92 Å². The van der Waals surface area contributed by atoms with Crippen molar-refractivity contribution in [1.82, 2.24) is 5.32 Å². The summed E-state index contributed by atoms with van der Waals surface area (Å²) in [5, 5.41) is 3.50. The van der Waals surface area contributed by atoms with E-state index in [1.165, 1.54) is 25.7 Å². The number of hydrogen-bond acceptors (Lipinski definition) is 3. The van der Waals surface area contributed by atoms with Gasteiger partial charge in [-0.1, -0.05) is 45.4 Å². The van der Waals surface area contributed by atoms with E-state index in [4.69, 9.17) is 4.74 Å². The van der Waals surface area contributed by atoms with Gasteiger partial charge in [0.15, 0.2) is 0 Å². The fourth-order valence-corrected chi connectivity index (χ4v) is 2.76. The van der Waals surface area contributed by atoms with Crippen molar-refractivity contribution in [2.45, 2.75) is 77.2 Å². The van der Waals surface area contributed by atoms with Crippen LogP contribution in [0.25, 0.3) is 0 Å². The molecule has 0 aromatic rings. The van der Waals surface area contributed by atoms with Crippen LogP contribution < -0.4 is 5.32 Å². The van der Waals surface area contributed by atoms with Crippen LogP contribution in [-0.4, -0.2) is 24.7 Å². The van der Waals surface area contributed by atoms with Crippen LogP contribution in [0.15, 0.2) is 0 Å². The molecule has 3 heteroatoms. The number of ether oxygens (including phenoxy) is 1. The molecule has 0 aliphatic heterocycles. The van der Waals surface area contributed by atoms with Gasteiger partial charge in [-0.05, 0) is 32.7 Å². The van der Waals surface area contributed by atoms with Crippen molar-refractivity contribution in [1.29, 1.82) is 0 Å². The highest BCUT2D eigenvalue weighted by Crippen LogP contribution is 2.29. The summed E-state index contributed by atoms with van der Waals surface area (Å²) in [6.07, 6.45) is 10.4. The summed E-state index contributed by atoms with van der Waals surface area (Å²) in [5.74, 6) is -0.0276. The van der Waals surface area contributed by atoms with E-state index in [9.17, 15) is 4.79 Å². The Balaban J connectivity index is 2.42. The maximum absolute atomic E-state index is 12.2. The third-order valence-electron chi connectivity index (χ3n) is 3.87. The normalized spacial score (nSPS) is 18.6. The van der Waals surface area contributed by atoms with E-state index >= 15 is 0 Å². The molecule has 1 fully saturated rings. The molecule has 0 spiro atoms. The number of hydrogen-bond donors (Lipinski definition) is 1. The Morgan fingerprint density at radius 1 is 1.11 bits per heavy atom. The molecule has 0 saturated heterocycles. The van der Waals surface area contributed by atoms with E-state index in [2.05, 4.69) is 12.2 Å². The van der Waals surface area contributed by atoms with Crippen molar-refractivity contribution >= 4 is 5.97 Å². The van der Waals surface area contributed by atoms with Gasteiger partial charge in [-0.25, -0.2) is 0 Å². The second kappa shape index (κ2) is 8.52. The number of carbonyl (C=O) groups excluding carboxylic acids is 1. The molecule has 1 aliphatic rings. The maximum atomic E-state index is 12.2. The van der Waals surface area contributed by atoms with Gasteiger partial charge in [0.05, 0.1) is 6.61 Å². The average Bonchev–Trinajstić information content (AvgIpc) is 2.40. The Morgan fingerprint density at radius 2 is 1.83 bits per heavy atom. The molecule has 0 aromatic heterocycles. The molecule has 1 saturated carbocycles. The van der Waals surface area contributed by atoms with Crippen molar-refractivity contribution in [3.63, 3.8) is 0 Å². The minimum atomic E-state index is -0.375. The highest BCUT2D eigenvalue weighted by molar-refractivity contribution is 5.81. The van der Waals surface area contributed by atoms with Crippen molar-refractivity contribution in [2.24, 2.45) is 0 Å². The lowest BCUT2D eigenvalue weighted by Gasteiger charge is -2.35. The van der Waals surface area contributed by atoms with Crippen LogP contribution in [0.2, 0.25) is 0 Å². The van der Waals surface area contributed by atoms with Gasteiger partial charge in [-0.15, -0.1) is 0 Å². The van der Waals surface area contributed by atoms with Crippen molar-refractivity contribution in [3.8, 4) is 0 Å². The molecule has 0 unspecified atom stereocenters. The van der Waals surface area contributed by atoms with Crippen LogP contribution in [0.3, 0.4) is 0 Å². The van der Waals surface area contributed by atoms with Gasteiger partial charge in [0.2, 0.25) is 0 Å². The molecule has 0 radical (unpaired) electrons. The summed E-state index contributed by atoms with van der Waals surface area (Å²) in [6.45, 7) is 5.53. The lowest BCUT2D eigenvalue weighted by atomic mass is 9.81. The Labute approximate surface area is 112 Å². The highest BCUT2D eigenvalue weighted by atomic mass is 16.5. The topological polar surface area (TPSA) is 38.3 Å². The largest absolute Gasteiger partial charge is 0.465 e. The molecule has 1 rings (SSSR count). The monoisotopic (exact) mass is 255 g/mol. The van der Waals surface area contributed by atoms with Gasteiger partial charge in [0, 0.05) is 0 Å². The second-order valence-corrected chi connectivity index (χ2v) is 5.35. The van der Waals surface area contributed by atoms with Crippen molar-refractivity contribution in [2.75, 3.05) is 13.2 Å². The van der Waals surface area contributed by atoms with Gasteiger partial charge >= 0.3 is 5.97 Å². The predicted octanol–water partition coefficient (Wildman–Crippen LogP) is 3.42.